The number of nitrogens with zero attached hydrogens (tertiary/aromatic N) is 1. The molecule has 21 heavy (non-hydrogen) atoms. The van der Waals surface area contributed by atoms with Crippen LogP contribution in [0.1, 0.15) is 37.8 Å². The fourth-order valence-corrected chi connectivity index (χ4v) is 2.99. The molecule has 2 rings (SSSR count). The SMILES string of the molecule is CCCN(CCC)CCc1c[nH]c2cc(C)c(OC)cc12. The van der Waals surface area contributed by atoms with Crippen molar-refractivity contribution >= 4 is 10.9 Å². The lowest BCUT2D eigenvalue weighted by Crippen LogP contribution is -2.27. The zero-order valence-electron chi connectivity index (χ0n) is 13.8. The Bertz CT molecular complexity index is 568. The maximum atomic E-state index is 5.46. The van der Waals surface area contributed by atoms with Gasteiger partial charge in [0.1, 0.15) is 5.75 Å². The molecule has 0 atom stereocenters. The molecule has 0 amide bonds. The highest BCUT2D eigenvalue weighted by molar-refractivity contribution is 5.85. The average Bonchev–Trinajstić information content (AvgIpc) is 2.86. The molecule has 0 fully saturated rings. The van der Waals surface area contributed by atoms with Gasteiger partial charge in [-0.2, -0.15) is 0 Å². The van der Waals surface area contributed by atoms with Gasteiger partial charge in [0.2, 0.25) is 0 Å². The molecule has 3 nitrogen and oxygen atoms in total. The number of hydrogen-bond donors (Lipinski definition) is 1. The van der Waals surface area contributed by atoms with Crippen LogP contribution in [0.5, 0.6) is 5.75 Å². The Balaban J connectivity index is 2.14. The summed E-state index contributed by atoms with van der Waals surface area (Å²) in [5.74, 6) is 0.974. The number of ether oxygens (including phenoxy) is 1. The normalized spacial score (nSPS) is 11.5. The summed E-state index contributed by atoms with van der Waals surface area (Å²) >= 11 is 0. The molecule has 116 valence electrons. The maximum absolute atomic E-state index is 5.46. The molecule has 0 aliphatic heterocycles. The van der Waals surface area contributed by atoms with Gasteiger partial charge in [0.25, 0.3) is 0 Å². The van der Waals surface area contributed by atoms with Crippen molar-refractivity contribution in [3.05, 3.63) is 29.5 Å². The van der Waals surface area contributed by atoms with Crippen molar-refractivity contribution in [2.75, 3.05) is 26.7 Å². The second kappa shape index (κ2) is 7.51. The first-order valence-electron chi connectivity index (χ1n) is 8.06. The van der Waals surface area contributed by atoms with E-state index in [1.807, 2.05) is 0 Å². The smallest absolute Gasteiger partial charge is 0.122 e. The summed E-state index contributed by atoms with van der Waals surface area (Å²) < 4.78 is 5.46. The Morgan fingerprint density at radius 1 is 1.10 bits per heavy atom. The zero-order valence-corrected chi connectivity index (χ0v) is 13.8. The monoisotopic (exact) mass is 288 g/mol. The number of benzene rings is 1. The first-order valence-corrected chi connectivity index (χ1v) is 8.06. The van der Waals surface area contributed by atoms with Crippen LogP contribution in [-0.2, 0) is 6.42 Å². The molecule has 2 aromatic rings. The van der Waals surface area contributed by atoms with Gasteiger partial charge in [0.15, 0.2) is 0 Å². The summed E-state index contributed by atoms with van der Waals surface area (Å²) in [4.78, 5) is 5.95. The third kappa shape index (κ3) is 3.79. The number of hydrogen-bond acceptors (Lipinski definition) is 2. The molecular weight excluding hydrogens is 260 g/mol. The van der Waals surface area contributed by atoms with Gasteiger partial charge >= 0.3 is 0 Å². The zero-order chi connectivity index (χ0) is 15.2. The molecule has 1 heterocycles. The van der Waals surface area contributed by atoms with Gasteiger partial charge in [0.05, 0.1) is 7.11 Å². The van der Waals surface area contributed by atoms with Gasteiger partial charge in [-0.25, -0.2) is 0 Å². The molecular formula is C18H28N2O. The molecule has 0 aliphatic carbocycles. The highest BCUT2D eigenvalue weighted by Crippen LogP contribution is 2.27. The fraction of sp³-hybridized carbons (Fsp3) is 0.556. The molecule has 0 bridgehead atoms. The van der Waals surface area contributed by atoms with Crippen molar-refractivity contribution in [1.82, 2.24) is 9.88 Å². The molecule has 0 spiro atoms. The summed E-state index contributed by atoms with van der Waals surface area (Å²) in [6.07, 6.45) is 5.69. The van der Waals surface area contributed by atoms with E-state index < -0.39 is 0 Å². The highest BCUT2D eigenvalue weighted by Gasteiger charge is 2.09. The van der Waals surface area contributed by atoms with Crippen LogP contribution in [0.25, 0.3) is 10.9 Å². The van der Waals surface area contributed by atoms with Gasteiger partial charge < -0.3 is 14.6 Å². The van der Waals surface area contributed by atoms with Gasteiger partial charge in [-0.15, -0.1) is 0 Å². The van der Waals surface area contributed by atoms with Crippen LogP contribution in [0.2, 0.25) is 0 Å². The lowest BCUT2D eigenvalue weighted by molar-refractivity contribution is 0.278. The number of fused-ring (bicyclic) bond motifs is 1. The molecule has 0 saturated carbocycles. The summed E-state index contributed by atoms with van der Waals surface area (Å²) in [7, 11) is 1.74. The van der Waals surface area contributed by atoms with E-state index in [1.165, 1.54) is 48.0 Å². The number of aromatic nitrogens is 1. The topological polar surface area (TPSA) is 28.3 Å². The summed E-state index contributed by atoms with van der Waals surface area (Å²) in [5.41, 5.74) is 3.78. The summed E-state index contributed by atoms with van der Waals surface area (Å²) in [6.45, 7) is 10.1. The van der Waals surface area contributed by atoms with Crippen LogP contribution in [0.15, 0.2) is 18.3 Å². The fourth-order valence-electron chi connectivity index (χ4n) is 2.99. The van der Waals surface area contributed by atoms with E-state index in [9.17, 15) is 0 Å². The minimum absolute atomic E-state index is 0.974. The predicted molar refractivity (Wildman–Crippen MR) is 90.3 cm³/mol. The third-order valence-electron chi connectivity index (χ3n) is 4.06. The minimum atomic E-state index is 0.974. The van der Waals surface area contributed by atoms with Crippen LogP contribution in [-0.4, -0.2) is 36.6 Å². The van der Waals surface area contributed by atoms with Crippen LogP contribution < -0.4 is 4.74 Å². The second-order valence-corrected chi connectivity index (χ2v) is 5.77. The third-order valence-corrected chi connectivity index (χ3v) is 4.06. The molecule has 3 heteroatoms. The molecule has 0 unspecified atom stereocenters. The van der Waals surface area contributed by atoms with E-state index in [2.05, 4.69) is 49.0 Å². The van der Waals surface area contributed by atoms with Crippen molar-refractivity contribution in [3.63, 3.8) is 0 Å². The Kier molecular flexibility index (Phi) is 5.68. The quantitative estimate of drug-likeness (QED) is 0.790. The Hall–Kier alpha value is -1.48. The summed E-state index contributed by atoms with van der Waals surface area (Å²) in [6, 6.07) is 4.34. The molecule has 1 N–H and O–H groups in total. The molecule has 1 aromatic heterocycles. The van der Waals surface area contributed by atoms with E-state index in [4.69, 9.17) is 4.74 Å². The first kappa shape index (κ1) is 15.9. The van der Waals surface area contributed by atoms with Gasteiger partial charge in [-0.05, 0) is 62.5 Å². The second-order valence-electron chi connectivity index (χ2n) is 5.77. The Labute approximate surface area is 128 Å². The number of nitrogens with one attached hydrogen (secondary N) is 1. The number of aryl methyl sites for hydroxylation is 1. The highest BCUT2D eigenvalue weighted by atomic mass is 16.5. The number of aromatic amines is 1. The number of rotatable bonds is 8. The molecule has 0 saturated heterocycles. The van der Waals surface area contributed by atoms with Crippen LogP contribution >= 0.6 is 0 Å². The Morgan fingerprint density at radius 2 is 1.81 bits per heavy atom. The van der Waals surface area contributed by atoms with Crippen molar-refractivity contribution in [2.24, 2.45) is 0 Å². The minimum Gasteiger partial charge on any atom is -0.496 e. The Morgan fingerprint density at radius 3 is 2.43 bits per heavy atom. The van der Waals surface area contributed by atoms with E-state index in [-0.39, 0.29) is 0 Å². The van der Waals surface area contributed by atoms with Crippen LogP contribution in [0, 0.1) is 6.92 Å². The first-order chi connectivity index (χ1) is 10.2. The lowest BCUT2D eigenvalue weighted by Gasteiger charge is -2.20. The van der Waals surface area contributed by atoms with E-state index in [1.54, 1.807) is 7.11 Å². The summed E-state index contributed by atoms with van der Waals surface area (Å²) in [5, 5.41) is 1.30. The van der Waals surface area contributed by atoms with Crippen molar-refractivity contribution in [1.29, 1.82) is 0 Å². The standard InChI is InChI=1S/C18H28N2O/c1-5-8-20(9-6-2)10-7-15-13-19-17-11-14(3)18(21-4)12-16(15)17/h11-13,19H,5-10H2,1-4H3. The molecule has 0 radical (unpaired) electrons. The van der Waals surface area contributed by atoms with Crippen molar-refractivity contribution in [2.45, 2.75) is 40.0 Å². The largest absolute Gasteiger partial charge is 0.496 e. The number of methoxy groups -OCH3 is 1. The lowest BCUT2D eigenvalue weighted by atomic mass is 10.1. The van der Waals surface area contributed by atoms with Crippen LogP contribution in [0.4, 0.5) is 0 Å². The van der Waals surface area contributed by atoms with E-state index >= 15 is 0 Å². The van der Waals surface area contributed by atoms with Crippen LogP contribution in [0.3, 0.4) is 0 Å². The van der Waals surface area contributed by atoms with E-state index in [0.717, 1.165) is 18.7 Å². The molecule has 1 aromatic carbocycles. The molecule has 0 aliphatic rings. The maximum Gasteiger partial charge on any atom is 0.122 e. The van der Waals surface area contributed by atoms with Gasteiger partial charge in [0, 0.05) is 23.6 Å². The van der Waals surface area contributed by atoms with Gasteiger partial charge in [-0.3, -0.25) is 0 Å². The predicted octanol–water partition coefficient (Wildman–Crippen LogP) is 4.15. The average molecular weight is 288 g/mol. The van der Waals surface area contributed by atoms with Crippen molar-refractivity contribution < 1.29 is 4.74 Å². The number of H-pyrrole nitrogens is 1. The van der Waals surface area contributed by atoms with Gasteiger partial charge in [-0.1, -0.05) is 13.8 Å². The van der Waals surface area contributed by atoms with Crippen molar-refractivity contribution in [3.8, 4) is 5.75 Å². The van der Waals surface area contributed by atoms with E-state index in [0.29, 0.717) is 0 Å².